The first kappa shape index (κ1) is 29.2. The molecule has 1 heterocycles. The minimum absolute atomic E-state index is 1.17. The van der Waals surface area contributed by atoms with Crippen molar-refractivity contribution in [2.75, 3.05) is 0 Å². The molecule has 0 unspecified atom stereocenters. The molecule has 0 radical (unpaired) electrons. The van der Waals surface area contributed by atoms with Gasteiger partial charge in [0, 0.05) is 16.5 Å². The van der Waals surface area contributed by atoms with Crippen molar-refractivity contribution in [2.24, 2.45) is 0 Å². The molecule has 0 fully saturated rings. The number of hydrogen-bond acceptors (Lipinski definition) is 0. The highest BCUT2D eigenvalue weighted by Crippen LogP contribution is 2.48. The van der Waals surface area contributed by atoms with Gasteiger partial charge in [0.15, 0.2) is 0 Å². The number of hydrogen-bond donors (Lipinski definition) is 0. The number of rotatable bonds is 5. The SMILES string of the molecule is c1ccc(-c2ccccc2-c2c3ccccc3c(-c3ccccc3-c3ccc4c(c3)c3ccccc3n4-c3ccccc3)c3ccccc23)cc1. The van der Waals surface area contributed by atoms with E-state index in [2.05, 4.69) is 205 Å². The summed E-state index contributed by atoms with van der Waals surface area (Å²) in [4.78, 5) is 0. The van der Waals surface area contributed by atoms with Crippen LogP contribution in [0, 0.1) is 0 Å². The molecule has 10 rings (SSSR count). The lowest BCUT2D eigenvalue weighted by Gasteiger charge is -2.21. The van der Waals surface area contributed by atoms with Crippen molar-refractivity contribution < 1.29 is 0 Å². The van der Waals surface area contributed by atoms with E-state index in [1.165, 1.54) is 93.5 Å². The van der Waals surface area contributed by atoms with Gasteiger partial charge >= 0.3 is 0 Å². The fourth-order valence-corrected chi connectivity index (χ4v) is 8.23. The molecule has 0 atom stereocenters. The van der Waals surface area contributed by atoms with Crippen LogP contribution >= 0.6 is 0 Å². The van der Waals surface area contributed by atoms with Gasteiger partial charge in [-0.1, -0.05) is 170 Å². The molecule has 0 saturated heterocycles. The first-order valence-corrected chi connectivity index (χ1v) is 17.6. The monoisotopic (exact) mass is 647 g/mol. The van der Waals surface area contributed by atoms with Crippen molar-refractivity contribution in [3.63, 3.8) is 0 Å². The summed E-state index contributed by atoms with van der Waals surface area (Å²) in [5, 5.41) is 7.53. The molecule has 0 spiro atoms. The van der Waals surface area contributed by atoms with E-state index in [1.807, 2.05) is 0 Å². The molecule has 0 aliphatic heterocycles. The Morgan fingerprint density at radius 1 is 0.255 bits per heavy atom. The van der Waals surface area contributed by atoms with Crippen LogP contribution in [0.2, 0.25) is 0 Å². The van der Waals surface area contributed by atoms with Crippen LogP contribution in [0.1, 0.15) is 0 Å². The molecule has 1 nitrogen and oxygen atoms in total. The summed E-state index contributed by atoms with van der Waals surface area (Å²) in [6.07, 6.45) is 0. The van der Waals surface area contributed by atoms with Crippen LogP contribution < -0.4 is 0 Å². The van der Waals surface area contributed by atoms with E-state index in [0.29, 0.717) is 0 Å². The van der Waals surface area contributed by atoms with E-state index in [1.54, 1.807) is 0 Å². The third-order valence-corrected chi connectivity index (χ3v) is 10.4. The quantitative estimate of drug-likeness (QED) is 0.164. The topological polar surface area (TPSA) is 4.93 Å². The Morgan fingerprint density at radius 3 is 1.24 bits per heavy atom. The van der Waals surface area contributed by atoms with Crippen molar-refractivity contribution in [1.82, 2.24) is 4.57 Å². The molecule has 238 valence electrons. The maximum absolute atomic E-state index is 2.39. The number of benzene rings is 9. The molecule has 0 bridgehead atoms. The molecule has 0 aliphatic rings. The van der Waals surface area contributed by atoms with E-state index in [-0.39, 0.29) is 0 Å². The van der Waals surface area contributed by atoms with Gasteiger partial charge in [-0.15, -0.1) is 0 Å². The lowest BCUT2D eigenvalue weighted by Crippen LogP contribution is -1.94. The van der Waals surface area contributed by atoms with Crippen molar-refractivity contribution >= 4 is 43.4 Å². The largest absolute Gasteiger partial charge is 0.309 e. The van der Waals surface area contributed by atoms with Gasteiger partial charge in [-0.05, 0) is 96.4 Å². The Kier molecular flexibility index (Phi) is 6.89. The number of para-hydroxylation sites is 2. The molecular formula is C50H33N. The van der Waals surface area contributed by atoms with Crippen LogP contribution in [0.3, 0.4) is 0 Å². The predicted molar refractivity (Wildman–Crippen MR) is 218 cm³/mol. The summed E-state index contributed by atoms with van der Waals surface area (Å²) in [6.45, 7) is 0. The molecule has 0 amide bonds. The molecule has 9 aromatic carbocycles. The zero-order valence-corrected chi connectivity index (χ0v) is 28.0. The Balaban J connectivity index is 1.24. The smallest absolute Gasteiger partial charge is 0.0541 e. The van der Waals surface area contributed by atoms with Gasteiger partial charge in [0.25, 0.3) is 0 Å². The molecule has 10 aromatic rings. The molecule has 1 heteroatoms. The predicted octanol–water partition coefficient (Wildman–Crippen LogP) is 13.8. The number of aromatic nitrogens is 1. The van der Waals surface area contributed by atoms with E-state index in [0.717, 1.165) is 0 Å². The van der Waals surface area contributed by atoms with Gasteiger partial charge in [-0.3, -0.25) is 0 Å². The van der Waals surface area contributed by atoms with Gasteiger partial charge in [0.2, 0.25) is 0 Å². The third kappa shape index (κ3) is 4.70. The van der Waals surface area contributed by atoms with Crippen molar-refractivity contribution in [3.8, 4) is 50.2 Å². The second kappa shape index (κ2) is 12.0. The highest BCUT2D eigenvalue weighted by atomic mass is 15.0. The van der Waals surface area contributed by atoms with Crippen molar-refractivity contribution in [3.05, 3.63) is 200 Å². The third-order valence-electron chi connectivity index (χ3n) is 10.4. The van der Waals surface area contributed by atoms with E-state index in [9.17, 15) is 0 Å². The van der Waals surface area contributed by atoms with E-state index in [4.69, 9.17) is 0 Å². The first-order valence-electron chi connectivity index (χ1n) is 17.6. The summed E-state index contributed by atoms with van der Waals surface area (Å²) in [6, 6.07) is 72.9. The summed E-state index contributed by atoms with van der Waals surface area (Å²) in [7, 11) is 0. The van der Waals surface area contributed by atoms with Gasteiger partial charge in [-0.2, -0.15) is 0 Å². The minimum Gasteiger partial charge on any atom is -0.309 e. The van der Waals surface area contributed by atoms with Crippen LogP contribution in [-0.4, -0.2) is 4.57 Å². The van der Waals surface area contributed by atoms with Crippen LogP contribution in [0.4, 0.5) is 0 Å². The summed E-state index contributed by atoms with van der Waals surface area (Å²) < 4.78 is 2.38. The Hall–Kier alpha value is -6.70. The zero-order valence-electron chi connectivity index (χ0n) is 28.0. The molecular weight excluding hydrogens is 615 g/mol. The highest BCUT2D eigenvalue weighted by Gasteiger charge is 2.21. The molecule has 0 N–H and O–H groups in total. The van der Waals surface area contributed by atoms with Gasteiger partial charge in [0.1, 0.15) is 0 Å². The maximum Gasteiger partial charge on any atom is 0.0541 e. The van der Waals surface area contributed by atoms with Gasteiger partial charge in [-0.25, -0.2) is 0 Å². The second-order valence-corrected chi connectivity index (χ2v) is 13.2. The summed E-state index contributed by atoms with van der Waals surface area (Å²) in [5.74, 6) is 0. The number of fused-ring (bicyclic) bond motifs is 5. The van der Waals surface area contributed by atoms with Crippen molar-refractivity contribution in [2.45, 2.75) is 0 Å². The fourth-order valence-electron chi connectivity index (χ4n) is 8.23. The lowest BCUT2D eigenvalue weighted by atomic mass is 9.82. The molecule has 0 aliphatic carbocycles. The average Bonchev–Trinajstić information content (AvgIpc) is 3.54. The maximum atomic E-state index is 2.39. The normalized spacial score (nSPS) is 11.5. The Labute approximate surface area is 297 Å². The summed E-state index contributed by atoms with van der Waals surface area (Å²) >= 11 is 0. The van der Waals surface area contributed by atoms with Crippen LogP contribution in [0.25, 0.3) is 93.5 Å². The lowest BCUT2D eigenvalue weighted by molar-refractivity contribution is 1.18. The average molecular weight is 648 g/mol. The number of nitrogens with zero attached hydrogens (tertiary/aromatic N) is 1. The standard InChI is InChI=1S/C50H33N/c1-3-17-34(18-4-1)37-21-7-9-24-40(37)49-42-26-11-13-28-44(42)50(45-29-14-12-27-43(45)49)41-25-10-8-22-38(41)35-31-32-48-46(33-35)39-23-15-16-30-47(39)51(48)36-19-5-2-6-20-36/h1-33H. The van der Waals surface area contributed by atoms with Crippen LogP contribution in [0.15, 0.2) is 200 Å². The Morgan fingerprint density at radius 2 is 0.667 bits per heavy atom. The van der Waals surface area contributed by atoms with E-state index >= 15 is 0 Å². The summed E-state index contributed by atoms with van der Waals surface area (Å²) in [5.41, 5.74) is 13.5. The minimum atomic E-state index is 1.17. The van der Waals surface area contributed by atoms with Gasteiger partial charge < -0.3 is 4.57 Å². The van der Waals surface area contributed by atoms with E-state index < -0.39 is 0 Å². The van der Waals surface area contributed by atoms with Crippen molar-refractivity contribution in [1.29, 1.82) is 0 Å². The first-order chi connectivity index (χ1) is 25.3. The second-order valence-electron chi connectivity index (χ2n) is 13.2. The fraction of sp³-hybridized carbons (Fsp3) is 0. The highest BCUT2D eigenvalue weighted by molar-refractivity contribution is 6.23. The van der Waals surface area contributed by atoms with Crippen LogP contribution in [-0.2, 0) is 0 Å². The molecule has 1 aromatic heterocycles. The molecule has 0 saturated carbocycles. The Bertz CT molecular complexity index is 2840. The van der Waals surface area contributed by atoms with Gasteiger partial charge in [0.05, 0.1) is 11.0 Å². The zero-order chi connectivity index (χ0) is 33.7. The van der Waals surface area contributed by atoms with Crippen LogP contribution in [0.5, 0.6) is 0 Å². The molecule has 51 heavy (non-hydrogen) atoms.